The van der Waals surface area contributed by atoms with Crippen LogP contribution in [0.2, 0.25) is 0 Å². The molecule has 1 heterocycles. The Morgan fingerprint density at radius 1 is 1.30 bits per heavy atom. The molecule has 0 aromatic heterocycles. The smallest absolute Gasteiger partial charge is 0.198 e. The third-order valence-corrected chi connectivity index (χ3v) is 3.69. The molecule has 1 N–H and O–H groups in total. The number of guanidine groups is 1. The molecule has 0 fully saturated rings. The largest absolute Gasteiger partial charge is 0.338 e. The minimum atomic E-state index is 0.563. The van der Waals surface area contributed by atoms with Gasteiger partial charge in [0.25, 0.3) is 0 Å². The van der Waals surface area contributed by atoms with Gasteiger partial charge in [-0.2, -0.15) is 0 Å². The van der Waals surface area contributed by atoms with Crippen molar-refractivity contribution >= 4 is 11.6 Å². The number of nitrogens with zero attached hydrogens (tertiary/aromatic N) is 2. The van der Waals surface area contributed by atoms with Crippen molar-refractivity contribution < 1.29 is 0 Å². The standard InChI is InChI=1S/C17H27N3/c1-4-5-11-20-16(12-14(2)3)13-18-17(20)19-15-9-7-6-8-10-15/h6-10,14,16H,4-5,11-13H2,1-3H3,(H,18,19)/t16-/m0/s1. The van der Waals surface area contributed by atoms with Gasteiger partial charge in [-0.15, -0.1) is 0 Å². The molecule has 110 valence electrons. The van der Waals surface area contributed by atoms with Crippen LogP contribution in [0.1, 0.15) is 40.0 Å². The van der Waals surface area contributed by atoms with Gasteiger partial charge in [-0.3, -0.25) is 4.99 Å². The number of para-hydroxylation sites is 1. The highest BCUT2D eigenvalue weighted by molar-refractivity contribution is 5.95. The summed E-state index contributed by atoms with van der Waals surface area (Å²) in [5, 5.41) is 3.48. The Balaban J connectivity index is 2.02. The molecule has 0 bridgehead atoms. The SMILES string of the molecule is CCCCN1C(Nc2ccccc2)=NC[C@@H]1CC(C)C. The number of nitrogens with one attached hydrogen (secondary N) is 1. The van der Waals surface area contributed by atoms with Gasteiger partial charge in [0.1, 0.15) is 0 Å². The van der Waals surface area contributed by atoms with Gasteiger partial charge in [0.05, 0.1) is 12.6 Å². The lowest BCUT2D eigenvalue weighted by atomic mass is 10.0. The Morgan fingerprint density at radius 3 is 2.70 bits per heavy atom. The quantitative estimate of drug-likeness (QED) is 0.849. The van der Waals surface area contributed by atoms with Crippen LogP contribution < -0.4 is 5.32 Å². The van der Waals surface area contributed by atoms with Crippen molar-refractivity contribution in [3.05, 3.63) is 30.3 Å². The highest BCUT2D eigenvalue weighted by Gasteiger charge is 2.27. The number of rotatable bonds is 6. The summed E-state index contributed by atoms with van der Waals surface area (Å²) in [7, 11) is 0. The van der Waals surface area contributed by atoms with Crippen molar-refractivity contribution in [3.8, 4) is 0 Å². The van der Waals surface area contributed by atoms with E-state index in [-0.39, 0.29) is 0 Å². The predicted octanol–water partition coefficient (Wildman–Crippen LogP) is 3.98. The van der Waals surface area contributed by atoms with Crippen molar-refractivity contribution in [2.24, 2.45) is 10.9 Å². The van der Waals surface area contributed by atoms with E-state index >= 15 is 0 Å². The fourth-order valence-corrected chi connectivity index (χ4v) is 2.68. The topological polar surface area (TPSA) is 27.6 Å². The molecule has 1 aliphatic heterocycles. The molecule has 3 nitrogen and oxygen atoms in total. The number of hydrogen-bond acceptors (Lipinski definition) is 3. The highest BCUT2D eigenvalue weighted by atomic mass is 15.4. The minimum absolute atomic E-state index is 0.563. The Hall–Kier alpha value is -1.51. The lowest BCUT2D eigenvalue weighted by Crippen LogP contribution is -2.41. The summed E-state index contributed by atoms with van der Waals surface area (Å²) in [6.45, 7) is 8.86. The van der Waals surface area contributed by atoms with Crippen LogP contribution in [0.15, 0.2) is 35.3 Å². The predicted molar refractivity (Wildman–Crippen MR) is 87.2 cm³/mol. The van der Waals surface area contributed by atoms with Crippen LogP contribution in [0.25, 0.3) is 0 Å². The fourth-order valence-electron chi connectivity index (χ4n) is 2.68. The first kappa shape index (κ1) is 14.9. The third kappa shape index (κ3) is 3.99. The molecule has 0 aliphatic carbocycles. The molecule has 0 radical (unpaired) electrons. The molecule has 1 aromatic rings. The number of aliphatic imine (C=N–C) groups is 1. The van der Waals surface area contributed by atoms with Crippen LogP contribution in [-0.4, -0.2) is 30.0 Å². The normalized spacial score (nSPS) is 18.5. The van der Waals surface area contributed by atoms with E-state index in [1.807, 2.05) is 6.07 Å². The number of hydrogen-bond donors (Lipinski definition) is 1. The van der Waals surface area contributed by atoms with Crippen molar-refractivity contribution in [1.29, 1.82) is 0 Å². The molecule has 3 heteroatoms. The maximum Gasteiger partial charge on any atom is 0.198 e. The third-order valence-electron chi connectivity index (χ3n) is 3.69. The van der Waals surface area contributed by atoms with Gasteiger partial charge in [-0.25, -0.2) is 0 Å². The van der Waals surface area contributed by atoms with Crippen LogP contribution in [0.5, 0.6) is 0 Å². The summed E-state index contributed by atoms with van der Waals surface area (Å²) in [6, 6.07) is 10.9. The van der Waals surface area contributed by atoms with Crippen molar-refractivity contribution in [2.75, 3.05) is 18.4 Å². The molecule has 0 amide bonds. The minimum Gasteiger partial charge on any atom is -0.338 e. The summed E-state index contributed by atoms with van der Waals surface area (Å²) < 4.78 is 0. The van der Waals surface area contributed by atoms with Crippen LogP contribution >= 0.6 is 0 Å². The summed E-state index contributed by atoms with van der Waals surface area (Å²) >= 11 is 0. The first-order valence-electron chi connectivity index (χ1n) is 7.84. The van der Waals surface area contributed by atoms with E-state index in [0.29, 0.717) is 6.04 Å². The molecule has 1 aliphatic rings. The van der Waals surface area contributed by atoms with E-state index < -0.39 is 0 Å². The highest BCUT2D eigenvalue weighted by Crippen LogP contribution is 2.20. The second-order valence-corrected chi connectivity index (χ2v) is 5.99. The van der Waals surface area contributed by atoms with Crippen LogP contribution in [0.3, 0.4) is 0 Å². The van der Waals surface area contributed by atoms with Crippen LogP contribution in [0, 0.1) is 5.92 Å². The van der Waals surface area contributed by atoms with E-state index in [1.54, 1.807) is 0 Å². The second kappa shape index (κ2) is 7.32. The molecule has 1 atom stereocenters. The molecule has 20 heavy (non-hydrogen) atoms. The zero-order chi connectivity index (χ0) is 14.4. The van der Waals surface area contributed by atoms with Crippen LogP contribution in [0.4, 0.5) is 5.69 Å². The average molecular weight is 273 g/mol. The van der Waals surface area contributed by atoms with Gasteiger partial charge in [-0.1, -0.05) is 45.4 Å². The maximum absolute atomic E-state index is 4.73. The van der Waals surface area contributed by atoms with E-state index in [2.05, 4.69) is 55.3 Å². The lowest BCUT2D eigenvalue weighted by Gasteiger charge is -2.29. The molecule has 2 rings (SSSR count). The molecule has 0 saturated carbocycles. The van der Waals surface area contributed by atoms with Gasteiger partial charge in [-0.05, 0) is 30.9 Å². The Bertz CT molecular complexity index is 425. The summed E-state index contributed by atoms with van der Waals surface area (Å²) in [6.07, 6.45) is 3.67. The summed E-state index contributed by atoms with van der Waals surface area (Å²) in [5.74, 6) is 1.77. The van der Waals surface area contributed by atoms with Gasteiger partial charge in [0, 0.05) is 12.2 Å². The number of unbranched alkanes of at least 4 members (excludes halogenated alkanes) is 1. The monoisotopic (exact) mass is 273 g/mol. The zero-order valence-corrected chi connectivity index (χ0v) is 13.0. The first-order chi connectivity index (χ1) is 9.70. The molecule has 0 unspecified atom stereocenters. The van der Waals surface area contributed by atoms with E-state index in [0.717, 1.165) is 30.7 Å². The first-order valence-corrected chi connectivity index (χ1v) is 7.84. The van der Waals surface area contributed by atoms with E-state index in [4.69, 9.17) is 4.99 Å². The second-order valence-electron chi connectivity index (χ2n) is 5.99. The van der Waals surface area contributed by atoms with E-state index in [9.17, 15) is 0 Å². The van der Waals surface area contributed by atoms with Crippen molar-refractivity contribution in [1.82, 2.24) is 4.90 Å². The Kier molecular flexibility index (Phi) is 5.45. The van der Waals surface area contributed by atoms with Gasteiger partial charge < -0.3 is 10.2 Å². The van der Waals surface area contributed by atoms with Crippen LogP contribution in [-0.2, 0) is 0 Å². The van der Waals surface area contributed by atoms with Gasteiger partial charge >= 0.3 is 0 Å². The molecule has 0 spiro atoms. The number of anilines is 1. The number of benzene rings is 1. The fraction of sp³-hybridized carbons (Fsp3) is 0.588. The van der Waals surface area contributed by atoms with Gasteiger partial charge in [0.2, 0.25) is 0 Å². The molecule has 1 aromatic carbocycles. The Labute approximate surface area is 123 Å². The average Bonchev–Trinajstić information content (AvgIpc) is 2.79. The van der Waals surface area contributed by atoms with Gasteiger partial charge in [0.15, 0.2) is 5.96 Å². The Morgan fingerprint density at radius 2 is 2.05 bits per heavy atom. The maximum atomic E-state index is 4.73. The molecular formula is C17H27N3. The van der Waals surface area contributed by atoms with Crippen molar-refractivity contribution in [3.63, 3.8) is 0 Å². The summed E-state index contributed by atoms with van der Waals surface area (Å²) in [5.41, 5.74) is 1.12. The van der Waals surface area contributed by atoms with Crippen molar-refractivity contribution in [2.45, 2.75) is 46.1 Å². The lowest BCUT2D eigenvalue weighted by molar-refractivity contribution is 0.294. The van der Waals surface area contributed by atoms with E-state index in [1.165, 1.54) is 19.3 Å². The zero-order valence-electron chi connectivity index (χ0n) is 13.0. The summed E-state index contributed by atoms with van der Waals surface area (Å²) in [4.78, 5) is 7.20. The molecular weight excluding hydrogens is 246 g/mol. The molecule has 0 saturated heterocycles.